The summed E-state index contributed by atoms with van der Waals surface area (Å²) in [5.41, 5.74) is 1.20. The predicted molar refractivity (Wildman–Crippen MR) is 73.6 cm³/mol. The number of carbonyl (C=O) groups excluding carboxylic acids is 1. The molecule has 118 valence electrons. The molecule has 1 amide bonds. The van der Waals surface area contributed by atoms with Crippen molar-refractivity contribution in [3.05, 3.63) is 30.1 Å². The van der Waals surface area contributed by atoms with Crippen molar-refractivity contribution in [1.29, 1.82) is 0 Å². The van der Waals surface area contributed by atoms with E-state index in [-0.39, 0.29) is 12.6 Å². The van der Waals surface area contributed by atoms with Gasteiger partial charge in [-0.1, -0.05) is 6.58 Å². The molecule has 0 bridgehead atoms. The van der Waals surface area contributed by atoms with Gasteiger partial charge in [0.15, 0.2) is 0 Å². The molecule has 0 saturated carbocycles. The molecule has 0 aliphatic heterocycles. The fraction of sp³-hybridized carbons (Fsp3) is 0.571. The summed E-state index contributed by atoms with van der Waals surface area (Å²) in [4.78, 5) is 12.5. The quantitative estimate of drug-likeness (QED) is 0.783. The normalized spacial score (nSPS) is 13.3. The van der Waals surface area contributed by atoms with E-state index in [1.165, 1.54) is 0 Å². The maximum Gasteiger partial charge on any atom is 0.408 e. The average Bonchev–Trinajstić information content (AvgIpc) is 2.74. The Hall–Kier alpha value is -1.79. The van der Waals surface area contributed by atoms with Gasteiger partial charge in [-0.25, -0.2) is 0 Å². The maximum absolute atomic E-state index is 12.9. The van der Waals surface area contributed by atoms with E-state index in [1.807, 2.05) is 13.8 Å². The first-order valence-electron chi connectivity index (χ1n) is 6.62. The molecule has 0 aromatic carbocycles. The highest BCUT2D eigenvalue weighted by Crippen LogP contribution is 2.26. The van der Waals surface area contributed by atoms with Crippen LogP contribution in [0.3, 0.4) is 0 Å². The van der Waals surface area contributed by atoms with Gasteiger partial charge in [-0.05, 0) is 33.8 Å². The molecule has 0 spiro atoms. The minimum Gasteiger partial charge on any atom is -0.323 e. The highest BCUT2D eigenvalue weighted by Gasteiger charge is 2.41. The molecule has 0 aliphatic carbocycles. The van der Waals surface area contributed by atoms with Crippen molar-refractivity contribution in [2.24, 2.45) is 0 Å². The summed E-state index contributed by atoms with van der Waals surface area (Å²) in [5.74, 6) is -0.753. The van der Waals surface area contributed by atoms with Gasteiger partial charge in [-0.2, -0.15) is 18.3 Å². The summed E-state index contributed by atoms with van der Waals surface area (Å²) in [5, 5.41) is 4.24. The van der Waals surface area contributed by atoms with Crippen LogP contribution in [0.2, 0.25) is 0 Å². The standard InChI is InChI=1S/C14H20F3N3O/c1-6-13(21)19(11(5)14(15,16)17)7-12-8-20(9(2)3)18-10(12)4/h6,8-9,11H,1,7H2,2-5H3/t11-/m1/s1. The van der Waals surface area contributed by atoms with E-state index in [1.54, 1.807) is 17.8 Å². The summed E-state index contributed by atoms with van der Waals surface area (Å²) in [6.07, 6.45) is -1.92. The van der Waals surface area contributed by atoms with Gasteiger partial charge in [0.1, 0.15) is 6.04 Å². The summed E-state index contributed by atoms with van der Waals surface area (Å²) in [6.45, 7) is 9.62. The number of aromatic nitrogens is 2. The minimum atomic E-state index is -4.49. The van der Waals surface area contributed by atoms with Gasteiger partial charge < -0.3 is 4.90 Å². The smallest absolute Gasteiger partial charge is 0.323 e. The zero-order valence-electron chi connectivity index (χ0n) is 12.6. The van der Waals surface area contributed by atoms with Gasteiger partial charge in [0.2, 0.25) is 5.91 Å². The van der Waals surface area contributed by atoms with Crippen LogP contribution in [0.4, 0.5) is 13.2 Å². The third-order valence-electron chi connectivity index (χ3n) is 3.29. The van der Waals surface area contributed by atoms with Gasteiger partial charge in [0.25, 0.3) is 0 Å². The SMILES string of the molecule is C=CC(=O)N(Cc1cn(C(C)C)nc1C)[C@H](C)C(F)(F)F. The second-order valence-corrected chi connectivity index (χ2v) is 5.20. The van der Waals surface area contributed by atoms with Crippen LogP contribution in [0, 0.1) is 6.92 Å². The number of nitrogens with zero attached hydrogens (tertiary/aromatic N) is 3. The van der Waals surface area contributed by atoms with Crippen LogP contribution in [-0.2, 0) is 11.3 Å². The second-order valence-electron chi connectivity index (χ2n) is 5.20. The van der Waals surface area contributed by atoms with E-state index >= 15 is 0 Å². The maximum atomic E-state index is 12.9. The molecular weight excluding hydrogens is 283 g/mol. The Labute approximate surface area is 122 Å². The lowest BCUT2D eigenvalue weighted by atomic mass is 10.2. The topological polar surface area (TPSA) is 38.1 Å². The summed E-state index contributed by atoms with van der Waals surface area (Å²) in [6, 6.07) is -1.79. The van der Waals surface area contributed by atoms with E-state index in [4.69, 9.17) is 0 Å². The summed E-state index contributed by atoms with van der Waals surface area (Å²) in [7, 11) is 0. The molecule has 1 aromatic rings. The third-order valence-corrected chi connectivity index (χ3v) is 3.29. The molecule has 1 atom stereocenters. The molecule has 1 aromatic heterocycles. The molecule has 0 aliphatic rings. The molecule has 21 heavy (non-hydrogen) atoms. The number of halogens is 3. The lowest BCUT2D eigenvalue weighted by Crippen LogP contribution is -2.45. The Morgan fingerprint density at radius 2 is 2.05 bits per heavy atom. The highest BCUT2D eigenvalue weighted by atomic mass is 19.4. The largest absolute Gasteiger partial charge is 0.408 e. The van der Waals surface area contributed by atoms with Crippen LogP contribution < -0.4 is 0 Å². The van der Waals surface area contributed by atoms with E-state index < -0.39 is 18.1 Å². The van der Waals surface area contributed by atoms with Crippen molar-refractivity contribution >= 4 is 5.91 Å². The minimum absolute atomic E-state index is 0.0982. The number of hydrogen-bond acceptors (Lipinski definition) is 2. The Morgan fingerprint density at radius 1 is 1.48 bits per heavy atom. The Bertz CT molecular complexity index is 520. The molecule has 0 radical (unpaired) electrons. The van der Waals surface area contributed by atoms with Crippen LogP contribution in [-0.4, -0.2) is 32.8 Å². The van der Waals surface area contributed by atoms with E-state index in [2.05, 4.69) is 11.7 Å². The number of alkyl halides is 3. The fourth-order valence-electron chi connectivity index (χ4n) is 1.82. The lowest BCUT2D eigenvalue weighted by molar-refractivity contribution is -0.185. The van der Waals surface area contributed by atoms with Gasteiger partial charge in [0.05, 0.1) is 5.69 Å². The number of carbonyl (C=O) groups is 1. The predicted octanol–water partition coefficient (Wildman–Crippen LogP) is 3.24. The molecule has 0 N–H and O–H groups in total. The first-order chi connectivity index (χ1) is 9.57. The van der Waals surface area contributed by atoms with Gasteiger partial charge in [-0.3, -0.25) is 9.48 Å². The van der Waals surface area contributed by atoms with Gasteiger partial charge >= 0.3 is 6.18 Å². The summed E-state index contributed by atoms with van der Waals surface area (Å²) >= 11 is 0. The van der Waals surface area contributed by atoms with Gasteiger partial charge in [-0.15, -0.1) is 0 Å². The molecule has 4 nitrogen and oxygen atoms in total. The van der Waals surface area contributed by atoms with Gasteiger partial charge in [0, 0.05) is 24.3 Å². The van der Waals surface area contributed by atoms with Crippen LogP contribution in [0.1, 0.15) is 38.1 Å². The molecular formula is C14H20F3N3O. The third kappa shape index (κ3) is 4.09. The first-order valence-corrected chi connectivity index (χ1v) is 6.62. The second kappa shape index (κ2) is 6.32. The molecule has 0 fully saturated rings. The summed E-state index contributed by atoms with van der Waals surface area (Å²) < 4.78 is 40.3. The lowest BCUT2D eigenvalue weighted by Gasteiger charge is -2.29. The van der Waals surface area contributed by atoms with Crippen molar-refractivity contribution in [3.63, 3.8) is 0 Å². The first kappa shape index (κ1) is 17.3. The van der Waals surface area contributed by atoms with Crippen molar-refractivity contribution in [1.82, 2.24) is 14.7 Å². The van der Waals surface area contributed by atoms with E-state index in [9.17, 15) is 18.0 Å². The Balaban J connectivity index is 3.07. The van der Waals surface area contributed by atoms with Crippen molar-refractivity contribution in [2.75, 3.05) is 0 Å². The molecule has 7 heteroatoms. The zero-order chi connectivity index (χ0) is 16.4. The van der Waals surface area contributed by atoms with Crippen LogP contribution in [0.15, 0.2) is 18.9 Å². The van der Waals surface area contributed by atoms with Crippen LogP contribution >= 0.6 is 0 Å². The van der Waals surface area contributed by atoms with Crippen molar-refractivity contribution < 1.29 is 18.0 Å². The molecule has 0 unspecified atom stereocenters. The number of rotatable bonds is 5. The Morgan fingerprint density at radius 3 is 2.43 bits per heavy atom. The highest BCUT2D eigenvalue weighted by molar-refractivity contribution is 5.87. The number of amides is 1. The molecule has 1 heterocycles. The van der Waals surface area contributed by atoms with Crippen molar-refractivity contribution in [3.8, 4) is 0 Å². The Kier molecular flexibility index (Phi) is 5.20. The molecule has 0 saturated heterocycles. The molecule has 1 rings (SSSR count). The van der Waals surface area contributed by atoms with E-state index in [0.717, 1.165) is 17.9 Å². The monoisotopic (exact) mass is 303 g/mol. The van der Waals surface area contributed by atoms with Crippen LogP contribution in [0.5, 0.6) is 0 Å². The van der Waals surface area contributed by atoms with Crippen molar-refractivity contribution in [2.45, 2.75) is 52.5 Å². The van der Waals surface area contributed by atoms with Crippen LogP contribution in [0.25, 0.3) is 0 Å². The number of hydrogen-bond donors (Lipinski definition) is 0. The average molecular weight is 303 g/mol. The fourth-order valence-corrected chi connectivity index (χ4v) is 1.82. The van der Waals surface area contributed by atoms with E-state index in [0.29, 0.717) is 11.3 Å². The number of aryl methyl sites for hydroxylation is 1. The zero-order valence-corrected chi connectivity index (χ0v) is 12.6.